The number of carbonyl (C=O) groups is 4. The fraction of sp³-hybridized carbons (Fsp3) is 0.286. The van der Waals surface area contributed by atoms with E-state index in [1.165, 1.54) is 0 Å². The second-order valence-electron chi connectivity index (χ2n) is 4.78. The number of hydrogen-bond acceptors (Lipinski definition) is 4. The number of urea groups is 2. The lowest BCUT2D eigenvalue weighted by molar-refractivity contribution is -0.136. The lowest BCUT2D eigenvalue weighted by Crippen LogP contribution is -2.42. The monoisotopic (exact) mass is 305 g/mol. The summed E-state index contributed by atoms with van der Waals surface area (Å²) in [5.74, 6) is -0.909. The van der Waals surface area contributed by atoms with E-state index in [0.717, 1.165) is 15.4 Å². The second-order valence-corrected chi connectivity index (χ2v) is 4.78. The summed E-state index contributed by atoms with van der Waals surface area (Å²) in [4.78, 5) is 46.6. The van der Waals surface area contributed by atoms with Gasteiger partial charge in [0.2, 0.25) is 6.41 Å². The van der Waals surface area contributed by atoms with Gasteiger partial charge in [0.25, 0.3) is 0 Å². The number of amides is 5. The highest BCUT2D eigenvalue weighted by Crippen LogP contribution is 2.08. The highest BCUT2D eigenvalue weighted by atomic mass is 16.4. The Morgan fingerprint density at radius 1 is 1.18 bits per heavy atom. The molecule has 1 aliphatic rings. The van der Waals surface area contributed by atoms with Crippen molar-refractivity contribution in [3.63, 3.8) is 0 Å². The second kappa shape index (κ2) is 6.70. The quantitative estimate of drug-likeness (QED) is 0.767. The minimum absolute atomic E-state index is 0.0591. The maximum Gasteiger partial charge on any atom is 0.334 e. The van der Waals surface area contributed by atoms with Crippen LogP contribution in [0.1, 0.15) is 11.1 Å². The van der Waals surface area contributed by atoms with Crippen LogP contribution in [0.5, 0.6) is 0 Å². The first-order chi connectivity index (χ1) is 10.5. The molecule has 8 nitrogen and oxygen atoms in total. The molecular formula is C14H15N3O5. The van der Waals surface area contributed by atoms with Crippen LogP contribution in [0.25, 0.3) is 0 Å². The molecule has 22 heavy (non-hydrogen) atoms. The zero-order chi connectivity index (χ0) is 16.1. The third-order valence-electron chi connectivity index (χ3n) is 3.24. The molecule has 0 aromatic heterocycles. The van der Waals surface area contributed by atoms with Crippen molar-refractivity contribution in [2.24, 2.45) is 0 Å². The predicted octanol–water partition coefficient (Wildman–Crippen LogP) is 0.417. The lowest BCUT2D eigenvalue weighted by Gasteiger charge is -2.14. The third-order valence-corrected chi connectivity index (χ3v) is 3.24. The first-order valence-electron chi connectivity index (χ1n) is 6.62. The topological polar surface area (TPSA) is 107 Å². The van der Waals surface area contributed by atoms with E-state index in [4.69, 9.17) is 5.11 Å². The van der Waals surface area contributed by atoms with Crippen molar-refractivity contribution in [1.29, 1.82) is 0 Å². The van der Waals surface area contributed by atoms with E-state index < -0.39 is 18.0 Å². The summed E-state index contributed by atoms with van der Waals surface area (Å²) in [5, 5.41) is 11.3. The Labute approximate surface area is 126 Å². The molecule has 0 aliphatic carbocycles. The molecule has 0 saturated carbocycles. The van der Waals surface area contributed by atoms with Gasteiger partial charge in [-0.15, -0.1) is 0 Å². The van der Waals surface area contributed by atoms with Gasteiger partial charge in [-0.3, -0.25) is 14.5 Å². The fourth-order valence-electron chi connectivity index (χ4n) is 2.06. The molecule has 0 unspecified atom stereocenters. The van der Waals surface area contributed by atoms with Crippen LogP contribution in [-0.4, -0.2) is 52.4 Å². The molecule has 8 heteroatoms. The zero-order valence-corrected chi connectivity index (χ0v) is 11.7. The smallest absolute Gasteiger partial charge is 0.334 e. The molecule has 1 heterocycles. The van der Waals surface area contributed by atoms with Gasteiger partial charge in [-0.25, -0.2) is 14.5 Å². The van der Waals surface area contributed by atoms with Gasteiger partial charge in [0.15, 0.2) is 0 Å². The summed E-state index contributed by atoms with van der Waals surface area (Å²) in [7, 11) is 0. The Hall–Kier alpha value is -2.90. The van der Waals surface area contributed by atoms with Crippen LogP contribution in [-0.2, 0) is 22.6 Å². The molecular weight excluding hydrogens is 290 g/mol. The molecule has 116 valence electrons. The number of nitrogens with one attached hydrogen (secondary N) is 1. The summed E-state index contributed by atoms with van der Waals surface area (Å²) in [6.45, 7) is 0.567. The SMILES string of the molecule is O=CN1CCN(C(=O)NCc2ccc(CC(=O)O)cc2)C1=O. The maximum absolute atomic E-state index is 11.9. The predicted molar refractivity (Wildman–Crippen MR) is 74.9 cm³/mol. The number of imide groups is 2. The molecule has 2 rings (SSSR count). The number of hydrogen-bond donors (Lipinski definition) is 2. The first-order valence-corrected chi connectivity index (χ1v) is 6.62. The van der Waals surface area contributed by atoms with Gasteiger partial charge >= 0.3 is 18.0 Å². The molecule has 2 N–H and O–H groups in total. The average Bonchev–Trinajstić information content (AvgIpc) is 2.86. The molecule has 1 aliphatic heterocycles. The first kappa shape index (κ1) is 15.5. The van der Waals surface area contributed by atoms with Crippen molar-refractivity contribution >= 4 is 24.4 Å². The van der Waals surface area contributed by atoms with E-state index in [1.54, 1.807) is 24.3 Å². The fourth-order valence-corrected chi connectivity index (χ4v) is 2.06. The Kier molecular flexibility index (Phi) is 4.72. The number of carboxylic acid groups (broad SMARTS) is 1. The zero-order valence-electron chi connectivity index (χ0n) is 11.7. The van der Waals surface area contributed by atoms with E-state index >= 15 is 0 Å². The molecule has 1 aromatic rings. The minimum Gasteiger partial charge on any atom is -0.481 e. The van der Waals surface area contributed by atoms with Gasteiger partial charge in [0, 0.05) is 13.1 Å². The van der Waals surface area contributed by atoms with Crippen molar-refractivity contribution in [2.45, 2.75) is 13.0 Å². The van der Waals surface area contributed by atoms with Crippen LogP contribution < -0.4 is 5.32 Å². The van der Waals surface area contributed by atoms with Crippen LogP contribution in [0.2, 0.25) is 0 Å². The number of carbonyl (C=O) groups excluding carboxylic acids is 3. The molecule has 0 spiro atoms. The van der Waals surface area contributed by atoms with Crippen LogP contribution >= 0.6 is 0 Å². The van der Waals surface area contributed by atoms with E-state index in [1.807, 2.05) is 0 Å². The number of rotatable bonds is 5. The van der Waals surface area contributed by atoms with Crippen molar-refractivity contribution in [3.8, 4) is 0 Å². The Bertz CT molecular complexity index is 599. The third kappa shape index (κ3) is 3.60. The van der Waals surface area contributed by atoms with Gasteiger partial charge in [-0.05, 0) is 11.1 Å². The molecule has 1 saturated heterocycles. The van der Waals surface area contributed by atoms with Gasteiger partial charge in [-0.2, -0.15) is 0 Å². The highest BCUT2D eigenvalue weighted by Gasteiger charge is 2.32. The molecule has 0 bridgehead atoms. The number of carboxylic acids is 1. The Balaban J connectivity index is 1.87. The van der Waals surface area contributed by atoms with Crippen LogP contribution in [0, 0.1) is 0 Å². The summed E-state index contributed by atoms with van der Waals surface area (Å²) in [6, 6.07) is 5.56. The summed E-state index contributed by atoms with van der Waals surface area (Å²) in [5.41, 5.74) is 1.44. The van der Waals surface area contributed by atoms with Crippen molar-refractivity contribution in [3.05, 3.63) is 35.4 Å². The number of nitrogens with zero attached hydrogens (tertiary/aromatic N) is 2. The molecule has 1 aromatic carbocycles. The number of benzene rings is 1. The minimum atomic E-state index is -0.909. The summed E-state index contributed by atoms with van der Waals surface area (Å²) < 4.78 is 0. The van der Waals surface area contributed by atoms with Crippen LogP contribution in [0.3, 0.4) is 0 Å². The van der Waals surface area contributed by atoms with E-state index in [9.17, 15) is 19.2 Å². The molecule has 1 fully saturated rings. The lowest BCUT2D eigenvalue weighted by atomic mass is 10.1. The Morgan fingerprint density at radius 3 is 2.36 bits per heavy atom. The highest BCUT2D eigenvalue weighted by molar-refractivity contribution is 5.99. The van der Waals surface area contributed by atoms with E-state index in [-0.39, 0.29) is 26.1 Å². The standard InChI is InChI=1S/C14H15N3O5/c18-9-16-5-6-17(14(16)22)13(21)15-8-11-3-1-10(2-4-11)7-12(19)20/h1-4,9H,5-8H2,(H,15,21)(H,19,20). The summed E-state index contributed by atoms with van der Waals surface area (Å²) in [6.07, 6.45) is 0.341. The average molecular weight is 305 g/mol. The van der Waals surface area contributed by atoms with Gasteiger partial charge in [0.1, 0.15) is 0 Å². The largest absolute Gasteiger partial charge is 0.481 e. The van der Waals surface area contributed by atoms with Crippen LogP contribution in [0.4, 0.5) is 9.59 Å². The molecule has 0 radical (unpaired) electrons. The van der Waals surface area contributed by atoms with Crippen LogP contribution in [0.15, 0.2) is 24.3 Å². The maximum atomic E-state index is 11.9. The van der Waals surface area contributed by atoms with Crippen molar-refractivity contribution in [1.82, 2.24) is 15.1 Å². The molecule has 0 atom stereocenters. The molecule has 5 amide bonds. The normalized spacial score (nSPS) is 14.1. The van der Waals surface area contributed by atoms with E-state index in [0.29, 0.717) is 12.0 Å². The van der Waals surface area contributed by atoms with Crippen molar-refractivity contribution in [2.75, 3.05) is 13.1 Å². The van der Waals surface area contributed by atoms with Crippen molar-refractivity contribution < 1.29 is 24.3 Å². The van der Waals surface area contributed by atoms with E-state index in [2.05, 4.69) is 5.32 Å². The summed E-state index contributed by atoms with van der Waals surface area (Å²) >= 11 is 0. The van der Waals surface area contributed by atoms with Gasteiger partial charge in [0.05, 0.1) is 13.0 Å². The Morgan fingerprint density at radius 2 is 1.82 bits per heavy atom. The number of aliphatic carboxylic acids is 1. The van der Waals surface area contributed by atoms with Gasteiger partial charge < -0.3 is 10.4 Å². The van der Waals surface area contributed by atoms with Gasteiger partial charge in [-0.1, -0.05) is 24.3 Å².